The minimum Gasteiger partial charge on any atom is -0.478 e. The van der Waals surface area contributed by atoms with E-state index >= 15 is 0 Å². The van der Waals surface area contributed by atoms with Gasteiger partial charge in [0.2, 0.25) is 0 Å². The van der Waals surface area contributed by atoms with Gasteiger partial charge in [0.05, 0.1) is 11.1 Å². The summed E-state index contributed by atoms with van der Waals surface area (Å²) in [5, 5.41) is 21.8. The smallest absolute Gasteiger partial charge is 0.416 e. The Balaban J connectivity index is 1.77. The second kappa shape index (κ2) is 7.99. The third-order valence-corrected chi connectivity index (χ3v) is 5.04. The molecule has 0 aliphatic rings. The molecular formula is C22H13BrF3N3O2. The molecule has 0 aliphatic heterocycles. The van der Waals surface area contributed by atoms with Gasteiger partial charge in [-0.2, -0.15) is 13.2 Å². The van der Waals surface area contributed by atoms with E-state index in [1.165, 1.54) is 18.2 Å². The molecule has 0 saturated heterocycles. The Morgan fingerprint density at radius 3 is 2.26 bits per heavy atom. The first-order valence-corrected chi connectivity index (χ1v) is 9.75. The van der Waals surface area contributed by atoms with E-state index in [2.05, 4.69) is 31.4 Å². The number of carboxylic acid groups (broad SMARTS) is 1. The highest BCUT2D eigenvalue weighted by Gasteiger charge is 2.31. The van der Waals surface area contributed by atoms with Crippen molar-refractivity contribution in [3.63, 3.8) is 0 Å². The summed E-state index contributed by atoms with van der Waals surface area (Å²) in [5.41, 5.74) is 0.760. The number of fused-ring (bicyclic) bond motifs is 1. The maximum absolute atomic E-state index is 13.1. The van der Waals surface area contributed by atoms with Crippen molar-refractivity contribution in [2.75, 3.05) is 5.32 Å². The van der Waals surface area contributed by atoms with E-state index in [0.717, 1.165) is 12.1 Å². The van der Waals surface area contributed by atoms with Crippen LogP contribution in [0.1, 0.15) is 15.9 Å². The molecule has 0 bridgehead atoms. The third-order valence-electron chi connectivity index (χ3n) is 4.58. The average molecular weight is 488 g/mol. The van der Waals surface area contributed by atoms with Crippen molar-refractivity contribution in [1.82, 2.24) is 10.2 Å². The quantitative estimate of drug-likeness (QED) is 0.342. The van der Waals surface area contributed by atoms with Gasteiger partial charge in [-0.1, -0.05) is 52.3 Å². The molecule has 0 spiro atoms. The molecule has 5 nitrogen and oxygen atoms in total. The highest BCUT2D eigenvalue weighted by molar-refractivity contribution is 9.10. The van der Waals surface area contributed by atoms with Crippen molar-refractivity contribution >= 4 is 44.2 Å². The fourth-order valence-electron chi connectivity index (χ4n) is 3.14. The Morgan fingerprint density at radius 1 is 0.935 bits per heavy atom. The first kappa shape index (κ1) is 20.8. The van der Waals surface area contributed by atoms with Crippen molar-refractivity contribution in [2.45, 2.75) is 6.18 Å². The molecule has 1 heterocycles. The number of halogens is 4. The number of nitrogens with one attached hydrogen (secondary N) is 1. The zero-order valence-electron chi connectivity index (χ0n) is 15.6. The number of aromatic carboxylic acids is 1. The Kier molecular flexibility index (Phi) is 5.36. The zero-order chi connectivity index (χ0) is 22.2. The van der Waals surface area contributed by atoms with Crippen molar-refractivity contribution < 1.29 is 23.1 Å². The fourth-order valence-corrected chi connectivity index (χ4v) is 3.64. The van der Waals surface area contributed by atoms with Gasteiger partial charge in [0.15, 0.2) is 5.82 Å². The monoisotopic (exact) mass is 487 g/mol. The molecule has 3 aromatic carbocycles. The van der Waals surface area contributed by atoms with Gasteiger partial charge >= 0.3 is 12.1 Å². The van der Waals surface area contributed by atoms with Crippen LogP contribution in [0.25, 0.3) is 22.0 Å². The van der Waals surface area contributed by atoms with Gasteiger partial charge in [-0.05, 0) is 30.3 Å². The number of carboxylic acids is 1. The lowest BCUT2D eigenvalue weighted by molar-refractivity contribution is -0.137. The molecule has 0 unspecified atom stereocenters. The van der Waals surface area contributed by atoms with E-state index in [-0.39, 0.29) is 15.7 Å². The fraction of sp³-hybridized carbons (Fsp3) is 0.0455. The van der Waals surface area contributed by atoms with Crippen LogP contribution < -0.4 is 5.32 Å². The molecule has 4 rings (SSSR count). The molecule has 9 heteroatoms. The van der Waals surface area contributed by atoms with Crippen molar-refractivity contribution in [2.24, 2.45) is 0 Å². The molecule has 0 fully saturated rings. The highest BCUT2D eigenvalue weighted by Crippen LogP contribution is 2.35. The molecule has 156 valence electrons. The van der Waals surface area contributed by atoms with Crippen LogP contribution in [0, 0.1) is 0 Å². The van der Waals surface area contributed by atoms with Gasteiger partial charge < -0.3 is 10.4 Å². The van der Waals surface area contributed by atoms with Crippen LogP contribution in [0.15, 0.2) is 71.2 Å². The van der Waals surface area contributed by atoms with Crippen LogP contribution >= 0.6 is 15.9 Å². The maximum atomic E-state index is 13.1. The van der Waals surface area contributed by atoms with Crippen molar-refractivity contribution in [1.29, 1.82) is 0 Å². The predicted molar refractivity (Wildman–Crippen MR) is 114 cm³/mol. The Bertz CT molecular complexity index is 1290. The highest BCUT2D eigenvalue weighted by atomic mass is 79.9. The van der Waals surface area contributed by atoms with Crippen LogP contribution in [-0.4, -0.2) is 21.3 Å². The second-order valence-corrected chi connectivity index (χ2v) is 7.59. The molecule has 0 saturated carbocycles. The van der Waals surface area contributed by atoms with Gasteiger partial charge in [0, 0.05) is 26.5 Å². The van der Waals surface area contributed by atoms with E-state index in [1.54, 1.807) is 24.3 Å². The largest absolute Gasteiger partial charge is 0.478 e. The Hall–Kier alpha value is -3.46. The van der Waals surface area contributed by atoms with E-state index in [1.807, 2.05) is 12.1 Å². The van der Waals surface area contributed by atoms with E-state index in [4.69, 9.17) is 5.11 Å². The van der Waals surface area contributed by atoms with E-state index < -0.39 is 17.7 Å². The van der Waals surface area contributed by atoms with Gasteiger partial charge in [-0.25, -0.2) is 4.79 Å². The van der Waals surface area contributed by atoms with Gasteiger partial charge in [0.1, 0.15) is 5.69 Å². The van der Waals surface area contributed by atoms with Crippen LogP contribution in [0.3, 0.4) is 0 Å². The SMILES string of the molecule is O=C(O)c1ccc(-c2nnc(Nc3cc(Br)cc(C(F)(F)F)c3)c3ccccc23)cc1. The molecule has 0 amide bonds. The summed E-state index contributed by atoms with van der Waals surface area (Å²) in [5.74, 6) is -0.734. The minimum absolute atomic E-state index is 0.148. The predicted octanol–water partition coefficient (Wildman–Crippen LogP) is 6.52. The molecule has 0 atom stereocenters. The number of rotatable bonds is 4. The number of nitrogens with zero attached hydrogens (tertiary/aromatic N) is 2. The second-order valence-electron chi connectivity index (χ2n) is 6.68. The number of hydrogen-bond donors (Lipinski definition) is 2. The van der Waals surface area contributed by atoms with Gasteiger partial charge in [-0.3, -0.25) is 0 Å². The summed E-state index contributed by atoms with van der Waals surface area (Å²) in [6.07, 6.45) is -4.49. The molecule has 31 heavy (non-hydrogen) atoms. The summed E-state index contributed by atoms with van der Waals surface area (Å²) in [7, 11) is 0. The van der Waals surface area contributed by atoms with Crippen molar-refractivity contribution in [3.8, 4) is 11.3 Å². The van der Waals surface area contributed by atoms with Crippen LogP contribution in [-0.2, 0) is 6.18 Å². The molecule has 4 aromatic rings. The normalized spacial score (nSPS) is 11.5. The van der Waals surface area contributed by atoms with Crippen LogP contribution in [0.5, 0.6) is 0 Å². The van der Waals surface area contributed by atoms with Crippen molar-refractivity contribution in [3.05, 3.63) is 82.3 Å². The summed E-state index contributed by atoms with van der Waals surface area (Å²) in [6.45, 7) is 0. The van der Waals surface area contributed by atoms with E-state index in [9.17, 15) is 18.0 Å². The number of alkyl halides is 3. The first-order valence-electron chi connectivity index (χ1n) is 8.96. The lowest BCUT2D eigenvalue weighted by Crippen LogP contribution is -2.06. The van der Waals surface area contributed by atoms with Crippen LogP contribution in [0.2, 0.25) is 0 Å². The topological polar surface area (TPSA) is 75.1 Å². The number of aromatic nitrogens is 2. The standard InChI is InChI=1S/C22H13BrF3N3O2/c23-15-9-14(22(24,25)26)10-16(11-15)27-20-18-4-2-1-3-17(18)19(28-29-20)12-5-7-13(8-6-12)21(30)31/h1-11H,(H,27,29)(H,30,31). The lowest BCUT2D eigenvalue weighted by atomic mass is 10.0. The molecular weight excluding hydrogens is 475 g/mol. The summed E-state index contributed by atoms with van der Waals surface area (Å²) in [6, 6.07) is 16.9. The first-order chi connectivity index (χ1) is 14.7. The Labute approximate surface area is 182 Å². The third kappa shape index (κ3) is 4.36. The number of benzene rings is 3. The van der Waals surface area contributed by atoms with Gasteiger partial charge in [-0.15, -0.1) is 10.2 Å². The number of anilines is 2. The number of hydrogen-bond acceptors (Lipinski definition) is 4. The molecule has 1 aromatic heterocycles. The molecule has 0 radical (unpaired) electrons. The average Bonchev–Trinajstić information content (AvgIpc) is 2.73. The molecule has 0 aliphatic carbocycles. The zero-order valence-corrected chi connectivity index (χ0v) is 17.2. The van der Waals surface area contributed by atoms with Gasteiger partial charge in [0.25, 0.3) is 0 Å². The van der Waals surface area contributed by atoms with Crippen LogP contribution in [0.4, 0.5) is 24.7 Å². The summed E-state index contributed by atoms with van der Waals surface area (Å²) < 4.78 is 39.7. The lowest BCUT2D eigenvalue weighted by Gasteiger charge is -2.13. The molecule has 2 N–H and O–H groups in total. The maximum Gasteiger partial charge on any atom is 0.416 e. The Morgan fingerprint density at radius 2 is 1.61 bits per heavy atom. The van der Waals surface area contributed by atoms with E-state index in [0.29, 0.717) is 27.8 Å². The summed E-state index contributed by atoms with van der Waals surface area (Å²) in [4.78, 5) is 11.1. The summed E-state index contributed by atoms with van der Waals surface area (Å²) >= 11 is 3.11. The minimum atomic E-state index is -4.49. The number of carbonyl (C=O) groups is 1.